The van der Waals surface area contributed by atoms with Crippen LogP contribution in [0.1, 0.15) is 122 Å². The molecule has 2 aliphatic carbocycles. The van der Waals surface area contributed by atoms with E-state index in [4.69, 9.17) is 103 Å². The molecule has 38 heteroatoms. The molecule has 1 amide bonds. The van der Waals surface area contributed by atoms with E-state index in [1.807, 2.05) is 118 Å². The molecule has 5 saturated heterocycles. The number of nitrogens with zero attached hydrogens (tertiary/aromatic N) is 5. The third-order valence-corrected chi connectivity index (χ3v) is 25.5. The van der Waals surface area contributed by atoms with Gasteiger partial charge in [0.15, 0.2) is 25.2 Å². The molecule has 1 saturated carbocycles. The van der Waals surface area contributed by atoms with E-state index in [1.165, 1.54) is 14.0 Å². The Kier molecular flexibility index (Phi) is 36.8. The maximum atomic E-state index is 14.2. The predicted octanol–water partition coefficient (Wildman–Crippen LogP) is 0.966. The number of nitrogens with two attached hydrogens (primary N) is 4. The summed E-state index contributed by atoms with van der Waals surface area (Å²) in [6, 6.07) is 23.6. The molecule has 36 nitrogen and oxygen atoms in total. The Bertz CT molecular complexity index is 4260. The molecule has 0 bridgehead atoms. The first kappa shape index (κ1) is 103. The number of para-hydroxylation sites is 2. The van der Waals surface area contributed by atoms with Crippen LogP contribution < -0.4 is 38.9 Å². The average molecular weight is 1810 g/mol. The topological polar surface area (TPSA) is 554 Å². The van der Waals surface area contributed by atoms with Crippen LogP contribution in [0.5, 0.6) is 0 Å². The SMILES string of the molecule is CC(C)N=c1cc2n(-c3ccc(Cl)cc3)c3ccccc3nc-2cc1Nc1ccc(Cl)cc1.CC[C@H]1OC(=O)[C@H](C)[C@@H](O[C@H]2C[C@@](C)(OC)[C@@H](O)[C@H](C)O2)[C@H](C)[C@@H](O[C@@H]2O[C@H](C)C[C@H](N(C)C)[C@H]2O)[C@](C)(O)C[C@@H](C)CN(C)[C@H](C)[C@@H](O)[C@]1(C)O.NCC[C@H](O)C(=O)N[C@@H]1C[C@H](N)[C@@H](O[C@H]2O[C@H](CN)[C@@H](O)[C@H](O)[C@H]2O)[C@H](O)[C@H]1O[C@H]1O[C@H](CO)[C@@H](O)[C@H](N)[C@H]1O. The Morgan fingerprint density at radius 1 is 0.736 bits per heavy atom. The summed E-state index contributed by atoms with van der Waals surface area (Å²) >= 11 is 12.2. The van der Waals surface area contributed by atoms with Gasteiger partial charge in [-0.1, -0.05) is 56.1 Å². The predicted molar refractivity (Wildman–Crippen MR) is 464 cm³/mol. The minimum Gasteiger partial charge on any atom is -0.459 e. The minimum atomic E-state index is -1.80. The van der Waals surface area contributed by atoms with Crippen molar-refractivity contribution in [2.45, 2.75) is 316 Å². The number of nitrogens with one attached hydrogen (secondary N) is 2. The number of hydrogen-bond acceptors (Lipinski definition) is 34. The number of anilines is 2. The number of methoxy groups -OCH3 is 1. The van der Waals surface area contributed by atoms with Crippen molar-refractivity contribution in [3.63, 3.8) is 0 Å². The first-order chi connectivity index (χ1) is 58.7. The van der Waals surface area contributed by atoms with Crippen molar-refractivity contribution in [2.24, 2.45) is 45.7 Å². The van der Waals surface area contributed by atoms with Gasteiger partial charge in [0.25, 0.3) is 0 Å². The van der Waals surface area contributed by atoms with Crippen molar-refractivity contribution in [1.29, 1.82) is 0 Å². The summed E-state index contributed by atoms with van der Waals surface area (Å²) in [7, 11) is 7.12. The third-order valence-electron chi connectivity index (χ3n) is 25.0. The maximum Gasteiger partial charge on any atom is 0.311 e. The summed E-state index contributed by atoms with van der Waals surface area (Å²) in [5, 5.41) is 149. The molecule has 6 fully saturated rings. The number of amides is 1. The van der Waals surface area contributed by atoms with Crippen molar-refractivity contribution in [3.8, 4) is 17.1 Å². The lowest BCUT2D eigenvalue weighted by atomic mass is 9.77. The van der Waals surface area contributed by atoms with E-state index in [1.54, 1.807) is 41.5 Å². The summed E-state index contributed by atoms with van der Waals surface area (Å²) in [6.07, 6.45) is -28.0. The molecule has 0 radical (unpaired) electrons. The Hall–Kier alpha value is -5.52. The number of cyclic esters (lactones) is 1. The number of esters is 1. The average Bonchev–Trinajstić information content (AvgIpc) is 0.865. The Morgan fingerprint density at radius 2 is 1.35 bits per heavy atom. The number of carbonyl (C=O) groups is 2. The van der Waals surface area contributed by atoms with Crippen LogP contribution in [-0.4, -0.2) is 346 Å². The van der Waals surface area contributed by atoms with E-state index in [0.717, 1.165) is 44.8 Å². The highest BCUT2D eigenvalue weighted by atomic mass is 35.5. The summed E-state index contributed by atoms with van der Waals surface area (Å²) < 4.78 is 62.2. The molecule has 23 N–H and O–H groups in total. The van der Waals surface area contributed by atoms with E-state index in [-0.39, 0.29) is 69.3 Å². The molecule has 34 atom stereocenters. The van der Waals surface area contributed by atoms with E-state index in [9.17, 15) is 76.0 Å². The second kappa shape index (κ2) is 44.6. The van der Waals surface area contributed by atoms with Crippen molar-refractivity contribution in [2.75, 3.05) is 59.8 Å². The van der Waals surface area contributed by atoms with Gasteiger partial charge in [0.2, 0.25) is 5.91 Å². The second-order valence-corrected chi connectivity index (χ2v) is 36.5. The highest BCUT2D eigenvalue weighted by molar-refractivity contribution is 6.31. The fourth-order valence-corrected chi connectivity index (χ4v) is 17.9. The van der Waals surface area contributed by atoms with Gasteiger partial charge in [-0.2, -0.15) is 0 Å². The molecule has 125 heavy (non-hydrogen) atoms. The van der Waals surface area contributed by atoms with Crippen molar-refractivity contribution < 1.29 is 123 Å². The lowest BCUT2D eigenvalue weighted by Crippen LogP contribution is -2.69. The molecule has 3 aromatic carbocycles. The van der Waals surface area contributed by atoms with Gasteiger partial charge in [0, 0.05) is 78.1 Å². The quantitative estimate of drug-likeness (QED) is 0.0359. The normalized spacial score (nSPS) is 38.9. The van der Waals surface area contributed by atoms with Crippen LogP contribution in [0.3, 0.4) is 0 Å². The van der Waals surface area contributed by atoms with E-state index in [0.29, 0.717) is 23.0 Å². The Morgan fingerprint density at radius 3 is 1.96 bits per heavy atom. The summed E-state index contributed by atoms with van der Waals surface area (Å²) in [6.45, 7) is 21.3. The highest BCUT2D eigenvalue weighted by Crippen LogP contribution is 2.42. The fraction of sp³-hybridized carbons (Fsp3) is 0.701. The van der Waals surface area contributed by atoms with Gasteiger partial charge in [0.05, 0.1) is 93.7 Å². The Labute approximate surface area is 740 Å². The number of ether oxygens (including phenoxy) is 10. The number of benzene rings is 4. The molecule has 704 valence electrons. The molecule has 11 rings (SSSR count). The largest absolute Gasteiger partial charge is 0.459 e. The molecule has 0 spiro atoms. The maximum absolute atomic E-state index is 14.2. The smallest absolute Gasteiger partial charge is 0.311 e. The molecule has 6 aliphatic heterocycles. The molecular weight excluding hydrogens is 1670 g/mol. The standard InChI is InChI=1S/C38H72N2O12.C27H22Cl2N4.C22H43N5O13/c1-15-27-38(10,46)31(42)24(6)40(13)19-20(2)17-36(8,45)33(52-35-29(41)26(39(11)12)16-21(3)48-35)22(4)30(23(5)34(44)50-27)51-28-18-37(9,47-14)32(43)25(7)49-28;1-17(2)30-24-16-27-25(15-23(24)31-20-11-7-18(28)8-12-20)32-22-5-3-4-6-26(22)33(27)21-13-9-19(29)10-14-21;23-2-1-8(29)20(36)27-7-3-6(25)18(39-22-16(34)15(33)13(31)9(4-24)37-22)17(35)19(7)40-21-14(32)11(26)12(30)10(5-28)38-21/h20-33,35,41-43,45-46H,15-19H2,1-14H3;3-17,31H,1-2H3;6-19,21-22,28-35H,1-5,23-26H2,(H,27,36)/t20-,21-,22+,23-,24-,25+,26+,27-,28+,29-,30+,31-,32+,33-,35+,36-,37-,38-;;6-,7+,8-,9+,10+,11-,12+,13+,14+,15-,16+,17-,18+,19-,21+,22+/m1.0/s1. The number of carbonyl (C=O) groups excluding carboxylic acids is 2. The van der Waals surface area contributed by atoms with Crippen LogP contribution in [0.15, 0.2) is 89.9 Å². The van der Waals surface area contributed by atoms with Gasteiger partial charge in [-0.3, -0.25) is 14.6 Å². The molecule has 3 aromatic rings. The Balaban J connectivity index is 0.000000218. The molecule has 6 heterocycles. The van der Waals surface area contributed by atoms with Crippen LogP contribution >= 0.6 is 23.2 Å². The number of likely N-dealkylation sites (N-methyl/N-ethyl adjacent to an activating group) is 2. The summed E-state index contributed by atoms with van der Waals surface area (Å²) in [5.74, 6) is -3.43. The van der Waals surface area contributed by atoms with Crippen molar-refractivity contribution >= 4 is 57.5 Å². The third kappa shape index (κ3) is 24.6. The zero-order chi connectivity index (χ0) is 92.5. The number of hydrogen-bond donors (Lipinski definition) is 19. The number of fused-ring (bicyclic) bond motifs is 2. The number of aliphatic hydroxyl groups is 13. The van der Waals surface area contributed by atoms with Crippen LogP contribution in [0, 0.1) is 17.8 Å². The highest BCUT2D eigenvalue weighted by Gasteiger charge is 2.56. The second-order valence-electron chi connectivity index (χ2n) is 35.6. The minimum absolute atomic E-state index is 0.0101. The number of halogens is 2. The van der Waals surface area contributed by atoms with Gasteiger partial charge < -0.3 is 162 Å². The van der Waals surface area contributed by atoms with Gasteiger partial charge >= 0.3 is 5.97 Å². The van der Waals surface area contributed by atoms with Crippen LogP contribution in [-0.2, 0) is 57.0 Å². The van der Waals surface area contributed by atoms with Crippen molar-refractivity contribution in [3.05, 3.63) is 100 Å². The summed E-state index contributed by atoms with van der Waals surface area (Å²) in [5.41, 5.74) is 25.3. The number of aliphatic hydroxyl groups excluding tert-OH is 11. The summed E-state index contributed by atoms with van der Waals surface area (Å²) in [4.78, 5) is 40.5. The fourth-order valence-electron chi connectivity index (χ4n) is 17.7. The van der Waals surface area contributed by atoms with Gasteiger partial charge in [0.1, 0.15) is 97.2 Å². The van der Waals surface area contributed by atoms with Crippen LogP contribution in [0.25, 0.3) is 28.1 Å². The lowest BCUT2D eigenvalue weighted by molar-refractivity contribution is -0.332. The van der Waals surface area contributed by atoms with Gasteiger partial charge in [-0.05, 0) is 201 Å². The molecule has 0 aromatic heterocycles. The van der Waals surface area contributed by atoms with Crippen LogP contribution in [0.4, 0.5) is 11.4 Å². The molecule has 8 aliphatic rings. The monoisotopic (exact) mass is 1810 g/mol. The lowest BCUT2D eigenvalue weighted by Gasteiger charge is -2.49. The first-order valence-electron chi connectivity index (χ1n) is 43.0. The number of aromatic nitrogens is 2. The zero-order valence-electron chi connectivity index (χ0n) is 74.1. The first-order valence-corrected chi connectivity index (χ1v) is 43.7. The van der Waals surface area contributed by atoms with Crippen molar-refractivity contribution in [1.82, 2.24) is 24.7 Å². The molecule has 0 unspecified atom stereocenters. The van der Waals surface area contributed by atoms with Gasteiger partial charge in [-0.15, -0.1) is 0 Å². The van der Waals surface area contributed by atoms with Gasteiger partial charge in [-0.25, -0.2) is 4.98 Å². The number of rotatable bonds is 21. The van der Waals surface area contributed by atoms with Crippen LogP contribution in [0.2, 0.25) is 10.0 Å². The van der Waals surface area contributed by atoms with E-state index < -0.39 is 206 Å². The van der Waals surface area contributed by atoms with E-state index in [2.05, 4.69) is 47.2 Å². The van der Waals surface area contributed by atoms with E-state index >= 15 is 0 Å². The molecular formula is C87H137Cl2N11O25. The zero-order valence-corrected chi connectivity index (χ0v) is 75.7.